The molecule has 0 bridgehead atoms. The molecule has 6 nitrogen and oxygen atoms in total. The van der Waals surface area contributed by atoms with Crippen molar-refractivity contribution in [1.29, 1.82) is 0 Å². The lowest BCUT2D eigenvalue weighted by Crippen LogP contribution is -2.42. The van der Waals surface area contributed by atoms with Crippen molar-refractivity contribution < 1.29 is 0 Å². The van der Waals surface area contributed by atoms with Gasteiger partial charge in [0.1, 0.15) is 12.1 Å². The van der Waals surface area contributed by atoms with Gasteiger partial charge in [0.05, 0.1) is 11.6 Å². The Morgan fingerprint density at radius 3 is 3.16 bits per heavy atom. The predicted molar refractivity (Wildman–Crippen MR) is 73.1 cm³/mol. The van der Waals surface area contributed by atoms with E-state index in [1.54, 1.807) is 6.33 Å². The summed E-state index contributed by atoms with van der Waals surface area (Å²) < 4.78 is 0. The minimum Gasteiger partial charge on any atom is -0.355 e. The van der Waals surface area contributed by atoms with Gasteiger partial charge in [-0.15, -0.1) is 0 Å². The molecule has 2 fully saturated rings. The highest BCUT2D eigenvalue weighted by Crippen LogP contribution is 2.39. The summed E-state index contributed by atoms with van der Waals surface area (Å²) in [4.78, 5) is 11.1. The second kappa shape index (κ2) is 4.16. The van der Waals surface area contributed by atoms with E-state index < -0.39 is 0 Å². The number of aromatic amines is 1. The first kappa shape index (κ1) is 11.2. The van der Waals surface area contributed by atoms with Crippen molar-refractivity contribution in [3.05, 3.63) is 12.5 Å². The minimum absolute atomic E-state index is 0.444. The van der Waals surface area contributed by atoms with Crippen LogP contribution in [0.1, 0.15) is 19.3 Å². The van der Waals surface area contributed by atoms with Crippen molar-refractivity contribution in [1.82, 2.24) is 25.5 Å². The lowest BCUT2D eigenvalue weighted by Gasteiger charge is -2.33. The van der Waals surface area contributed by atoms with Gasteiger partial charge in [-0.05, 0) is 25.8 Å². The van der Waals surface area contributed by atoms with Crippen LogP contribution in [-0.4, -0.2) is 46.3 Å². The minimum atomic E-state index is 0.444. The lowest BCUT2D eigenvalue weighted by molar-refractivity contribution is 0.239. The summed E-state index contributed by atoms with van der Waals surface area (Å²) in [6.07, 6.45) is 7.33. The fraction of sp³-hybridized carbons (Fsp3) is 0.615. The van der Waals surface area contributed by atoms with E-state index in [4.69, 9.17) is 0 Å². The molecular weight excluding hydrogens is 240 g/mol. The van der Waals surface area contributed by atoms with Crippen LogP contribution in [0.25, 0.3) is 11.0 Å². The van der Waals surface area contributed by atoms with E-state index in [2.05, 4.69) is 30.4 Å². The maximum atomic E-state index is 4.47. The van der Waals surface area contributed by atoms with Crippen molar-refractivity contribution in [3.63, 3.8) is 0 Å². The van der Waals surface area contributed by atoms with Gasteiger partial charge in [-0.1, -0.05) is 0 Å². The molecule has 2 N–H and O–H groups in total. The normalized spacial score (nSPS) is 27.5. The summed E-state index contributed by atoms with van der Waals surface area (Å²) in [5.41, 5.74) is 1.27. The topological polar surface area (TPSA) is 69.7 Å². The van der Waals surface area contributed by atoms with Crippen molar-refractivity contribution in [2.75, 3.05) is 31.1 Å². The van der Waals surface area contributed by atoms with Gasteiger partial charge in [-0.25, -0.2) is 9.97 Å². The second-order valence-electron chi connectivity index (χ2n) is 5.78. The molecule has 1 unspecified atom stereocenters. The lowest BCUT2D eigenvalue weighted by atomic mass is 9.80. The number of fused-ring (bicyclic) bond motifs is 1. The highest BCUT2D eigenvalue weighted by molar-refractivity contribution is 5.86. The van der Waals surface area contributed by atoms with E-state index in [-0.39, 0.29) is 0 Å². The molecule has 100 valence electrons. The van der Waals surface area contributed by atoms with Gasteiger partial charge in [0.15, 0.2) is 5.65 Å². The zero-order valence-corrected chi connectivity index (χ0v) is 10.9. The molecule has 0 saturated carbocycles. The molecule has 19 heavy (non-hydrogen) atoms. The fourth-order valence-corrected chi connectivity index (χ4v) is 3.50. The first-order valence-electron chi connectivity index (χ1n) is 6.96. The highest BCUT2D eigenvalue weighted by Gasteiger charge is 2.39. The van der Waals surface area contributed by atoms with Crippen molar-refractivity contribution >= 4 is 16.9 Å². The molecule has 4 heterocycles. The number of aromatic nitrogens is 4. The molecule has 0 amide bonds. The molecule has 0 aromatic carbocycles. The number of H-pyrrole nitrogens is 1. The molecule has 1 atom stereocenters. The van der Waals surface area contributed by atoms with E-state index in [1.807, 2.05) is 6.20 Å². The third-order valence-electron chi connectivity index (χ3n) is 4.53. The zero-order valence-electron chi connectivity index (χ0n) is 10.9. The maximum Gasteiger partial charge on any atom is 0.160 e. The zero-order chi connectivity index (χ0) is 12.7. The van der Waals surface area contributed by atoms with Gasteiger partial charge in [-0.2, -0.15) is 5.10 Å². The van der Waals surface area contributed by atoms with Crippen LogP contribution in [0.4, 0.5) is 5.82 Å². The molecule has 0 radical (unpaired) electrons. The number of rotatable bonds is 1. The molecule has 0 aliphatic carbocycles. The van der Waals surface area contributed by atoms with Gasteiger partial charge < -0.3 is 10.2 Å². The molecule has 2 aromatic heterocycles. The van der Waals surface area contributed by atoms with Gasteiger partial charge in [0.25, 0.3) is 0 Å². The standard InChI is InChI=1S/C13H18N6/c1-2-13(7-14-4-1)3-5-19(8-13)12-10-6-17-18-11(10)15-9-16-12/h6,9,14H,1-5,7-8H2,(H,15,16,17,18). The summed E-state index contributed by atoms with van der Waals surface area (Å²) >= 11 is 0. The Morgan fingerprint density at radius 1 is 1.26 bits per heavy atom. The Bertz CT molecular complexity index is 586. The number of anilines is 1. The van der Waals surface area contributed by atoms with Gasteiger partial charge in [0, 0.05) is 25.0 Å². The molecule has 6 heteroatoms. The number of nitrogens with zero attached hydrogens (tertiary/aromatic N) is 4. The quantitative estimate of drug-likeness (QED) is 0.796. The fourth-order valence-electron chi connectivity index (χ4n) is 3.50. The number of hydrogen-bond donors (Lipinski definition) is 2. The van der Waals surface area contributed by atoms with E-state index in [0.717, 1.165) is 36.5 Å². The average Bonchev–Trinajstić information content (AvgIpc) is 3.06. The summed E-state index contributed by atoms with van der Waals surface area (Å²) in [6.45, 7) is 4.49. The van der Waals surface area contributed by atoms with Crippen molar-refractivity contribution in [2.45, 2.75) is 19.3 Å². The molecule has 2 saturated heterocycles. The van der Waals surface area contributed by atoms with Crippen LogP contribution < -0.4 is 10.2 Å². The molecule has 2 aliphatic rings. The van der Waals surface area contributed by atoms with Gasteiger partial charge >= 0.3 is 0 Å². The number of piperidine rings is 1. The van der Waals surface area contributed by atoms with E-state index in [0.29, 0.717) is 5.41 Å². The number of hydrogen-bond acceptors (Lipinski definition) is 5. The third kappa shape index (κ3) is 1.78. The van der Waals surface area contributed by atoms with Crippen molar-refractivity contribution in [3.8, 4) is 0 Å². The molecule has 2 aliphatic heterocycles. The van der Waals surface area contributed by atoms with Gasteiger partial charge in [-0.3, -0.25) is 5.10 Å². The van der Waals surface area contributed by atoms with Crippen LogP contribution in [0.15, 0.2) is 12.5 Å². The Labute approximate surface area is 111 Å². The van der Waals surface area contributed by atoms with Crippen LogP contribution in [0.5, 0.6) is 0 Å². The first-order valence-corrected chi connectivity index (χ1v) is 6.96. The predicted octanol–water partition coefficient (Wildman–Crippen LogP) is 0.933. The van der Waals surface area contributed by atoms with Crippen LogP contribution in [0, 0.1) is 5.41 Å². The summed E-state index contributed by atoms with van der Waals surface area (Å²) in [5, 5.41) is 11.6. The maximum absolute atomic E-state index is 4.47. The summed E-state index contributed by atoms with van der Waals surface area (Å²) in [7, 11) is 0. The second-order valence-corrected chi connectivity index (χ2v) is 5.78. The summed E-state index contributed by atoms with van der Waals surface area (Å²) in [5.74, 6) is 1.03. The first-order chi connectivity index (χ1) is 9.36. The van der Waals surface area contributed by atoms with Gasteiger partial charge in [0.2, 0.25) is 0 Å². The van der Waals surface area contributed by atoms with E-state index in [9.17, 15) is 0 Å². The molecular formula is C13H18N6. The largest absolute Gasteiger partial charge is 0.355 e. The average molecular weight is 258 g/mol. The molecule has 1 spiro atoms. The van der Waals surface area contributed by atoms with Crippen LogP contribution in [-0.2, 0) is 0 Å². The Balaban J connectivity index is 1.65. The van der Waals surface area contributed by atoms with E-state index in [1.165, 1.54) is 25.8 Å². The monoisotopic (exact) mass is 258 g/mol. The number of nitrogens with one attached hydrogen (secondary N) is 2. The van der Waals surface area contributed by atoms with Crippen LogP contribution >= 0.6 is 0 Å². The van der Waals surface area contributed by atoms with E-state index >= 15 is 0 Å². The molecule has 2 aromatic rings. The highest BCUT2D eigenvalue weighted by atomic mass is 15.2. The van der Waals surface area contributed by atoms with Crippen LogP contribution in [0.3, 0.4) is 0 Å². The Morgan fingerprint density at radius 2 is 2.26 bits per heavy atom. The Kier molecular flexibility index (Phi) is 2.44. The third-order valence-corrected chi connectivity index (χ3v) is 4.53. The van der Waals surface area contributed by atoms with Crippen molar-refractivity contribution in [2.24, 2.45) is 5.41 Å². The Hall–Kier alpha value is -1.69. The smallest absolute Gasteiger partial charge is 0.160 e. The molecule has 4 rings (SSSR count). The SMILES string of the molecule is c1nc(N2CCC3(CCCNC3)C2)c2cn[nH]c2n1. The van der Waals surface area contributed by atoms with Crippen LogP contribution in [0.2, 0.25) is 0 Å². The summed E-state index contributed by atoms with van der Waals surface area (Å²) in [6, 6.07) is 0.